The van der Waals surface area contributed by atoms with Crippen LogP contribution in [0.5, 0.6) is 0 Å². The Hall–Kier alpha value is -1.37. The minimum atomic E-state index is 0.326. The van der Waals surface area contributed by atoms with Crippen molar-refractivity contribution in [2.45, 2.75) is 25.4 Å². The van der Waals surface area contributed by atoms with Crippen molar-refractivity contribution in [2.24, 2.45) is 5.73 Å². The second-order valence-electron chi connectivity index (χ2n) is 4.45. The molecule has 1 saturated heterocycles. The first-order valence-corrected chi connectivity index (χ1v) is 5.75. The van der Waals surface area contributed by atoms with Crippen LogP contribution in [0.2, 0.25) is 0 Å². The third-order valence-corrected chi connectivity index (χ3v) is 3.03. The molecule has 0 saturated carbocycles. The highest BCUT2D eigenvalue weighted by Gasteiger charge is 2.16. The van der Waals surface area contributed by atoms with Crippen LogP contribution in [-0.2, 0) is 6.54 Å². The van der Waals surface area contributed by atoms with Gasteiger partial charge in [-0.05, 0) is 37.1 Å². The van der Waals surface area contributed by atoms with Gasteiger partial charge in [0.25, 0.3) is 0 Å². The second-order valence-corrected chi connectivity index (χ2v) is 4.45. The highest BCUT2D eigenvalue weighted by Crippen LogP contribution is 2.13. The van der Waals surface area contributed by atoms with Crippen molar-refractivity contribution in [1.29, 1.82) is 5.26 Å². The number of rotatable bonds is 2. The lowest BCUT2D eigenvalue weighted by Crippen LogP contribution is -2.42. The van der Waals surface area contributed by atoms with Crippen LogP contribution in [-0.4, -0.2) is 24.0 Å². The highest BCUT2D eigenvalue weighted by atomic mass is 15.1. The van der Waals surface area contributed by atoms with Crippen molar-refractivity contribution in [1.82, 2.24) is 4.90 Å². The van der Waals surface area contributed by atoms with Gasteiger partial charge in [0.05, 0.1) is 11.6 Å². The summed E-state index contributed by atoms with van der Waals surface area (Å²) in [5.74, 6) is 0. The fourth-order valence-electron chi connectivity index (χ4n) is 2.18. The summed E-state index contributed by atoms with van der Waals surface area (Å²) in [6.45, 7) is 3.06. The number of nitrogens with zero attached hydrogens (tertiary/aromatic N) is 2. The van der Waals surface area contributed by atoms with E-state index in [1.807, 2.05) is 24.3 Å². The average molecular weight is 215 g/mol. The molecule has 0 bridgehead atoms. The van der Waals surface area contributed by atoms with Crippen molar-refractivity contribution >= 4 is 0 Å². The van der Waals surface area contributed by atoms with E-state index in [1.54, 1.807) is 0 Å². The summed E-state index contributed by atoms with van der Waals surface area (Å²) in [6.07, 6.45) is 2.33. The van der Waals surface area contributed by atoms with Gasteiger partial charge < -0.3 is 5.73 Å². The maximum atomic E-state index is 8.71. The third kappa shape index (κ3) is 2.82. The van der Waals surface area contributed by atoms with Crippen LogP contribution < -0.4 is 5.73 Å². The molecule has 0 spiro atoms. The fourth-order valence-corrected chi connectivity index (χ4v) is 2.18. The van der Waals surface area contributed by atoms with Crippen LogP contribution in [0.3, 0.4) is 0 Å². The zero-order valence-electron chi connectivity index (χ0n) is 9.39. The SMILES string of the molecule is N#Cc1ccc(CN2CCCC(N)C2)cc1. The summed E-state index contributed by atoms with van der Waals surface area (Å²) < 4.78 is 0. The van der Waals surface area contributed by atoms with Crippen LogP contribution in [0.1, 0.15) is 24.0 Å². The van der Waals surface area contributed by atoms with Crippen LogP contribution >= 0.6 is 0 Å². The molecule has 0 amide bonds. The minimum Gasteiger partial charge on any atom is -0.327 e. The monoisotopic (exact) mass is 215 g/mol. The van der Waals surface area contributed by atoms with Gasteiger partial charge in [0, 0.05) is 19.1 Å². The molecule has 3 heteroatoms. The quantitative estimate of drug-likeness (QED) is 0.813. The van der Waals surface area contributed by atoms with Crippen molar-refractivity contribution in [2.75, 3.05) is 13.1 Å². The molecule has 0 radical (unpaired) electrons. The molecule has 1 aromatic carbocycles. The molecule has 2 N–H and O–H groups in total. The fraction of sp³-hybridized carbons (Fsp3) is 0.462. The Bertz CT molecular complexity index is 377. The van der Waals surface area contributed by atoms with Crippen LogP contribution in [0, 0.1) is 11.3 Å². The molecule has 84 valence electrons. The molecule has 1 aromatic rings. The van der Waals surface area contributed by atoms with E-state index in [1.165, 1.54) is 12.0 Å². The highest BCUT2D eigenvalue weighted by molar-refractivity contribution is 5.31. The van der Waals surface area contributed by atoms with Gasteiger partial charge >= 0.3 is 0 Å². The maximum absolute atomic E-state index is 8.71. The van der Waals surface area contributed by atoms with Gasteiger partial charge in [0.1, 0.15) is 0 Å². The van der Waals surface area contributed by atoms with E-state index in [0.29, 0.717) is 6.04 Å². The standard InChI is InChI=1S/C13H17N3/c14-8-11-3-5-12(6-4-11)9-16-7-1-2-13(15)10-16/h3-6,13H,1-2,7,9-10,15H2. The Morgan fingerprint density at radius 2 is 2.12 bits per heavy atom. The Morgan fingerprint density at radius 3 is 2.75 bits per heavy atom. The molecule has 1 aliphatic heterocycles. The van der Waals surface area contributed by atoms with E-state index in [0.717, 1.165) is 31.6 Å². The number of hydrogen-bond donors (Lipinski definition) is 1. The Balaban J connectivity index is 1.95. The molecule has 0 aromatic heterocycles. The van der Waals surface area contributed by atoms with Gasteiger partial charge in [0.2, 0.25) is 0 Å². The lowest BCUT2D eigenvalue weighted by molar-refractivity contribution is 0.201. The van der Waals surface area contributed by atoms with Gasteiger partial charge in [-0.1, -0.05) is 12.1 Å². The predicted octanol–water partition coefficient (Wildman–Crippen LogP) is 1.48. The Labute approximate surface area is 96.5 Å². The normalized spacial score (nSPS) is 21.6. The third-order valence-electron chi connectivity index (χ3n) is 3.03. The molecule has 1 heterocycles. The van der Waals surface area contributed by atoms with Gasteiger partial charge in [-0.15, -0.1) is 0 Å². The molecule has 0 aliphatic carbocycles. The molecule has 1 unspecified atom stereocenters. The molecule has 2 rings (SSSR count). The van der Waals surface area contributed by atoms with Gasteiger partial charge in [-0.3, -0.25) is 4.90 Å². The van der Waals surface area contributed by atoms with Gasteiger partial charge in [-0.2, -0.15) is 5.26 Å². The number of piperidine rings is 1. The Morgan fingerprint density at radius 1 is 1.38 bits per heavy atom. The van der Waals surface area contributed by atoms with Crippen LogP contribution in [0.25, 0.3) is 0 Å². The molecule has 3 nitrogen and oxygen atoms in total. The van der Waals surface area contributed by atoms with Gasteiger partial charge in [0.15, 0.2) is 0 Å². The molecular formula is C13H17N3. The number of hydrogen-bond acceptors (Lipinski definition) is 3. The summed E-state index contributed by atoms with van der Waals surface area (Å²) >= 11 is 0. The Kier molecular flexibility index (Phi) is 3.55. The summed E-state index contributed by atoms with van der Waals surface area (Å²) in [5, 5.41) is 8.71. The van der Waals surface area contributed by atoms with E-state index < -0.39 is 0 Å². The first-order chi connectivity index (χ1) is 7.78. The second kappa shape index (κ2) is 5.11. The van der Waals surface area contributed by atoms with Crippen molar-refractivity contribution in [3.8, 4) is 6.07 Å². The van der Waals surface area contributed by atoms with E-state index in [9.17, 15) is 0 Å². The largest absolute Gasteiger partial charge is 0.327 e. The maximum Gasteiger partial charge on any atom is 0.0991 e. The topological polar surface area (TPSA) is 53.0 Å². The zero-order chi connectivity index (χ0) is 11.4. The summed E-state index contributed by atoms with van der Waals surface area (Å²) in [7, 11) is 0. The number of nitriles is 1. The van der Waals surface area contributed by atoms with Gasteiger partial charge in [-0.25, -0.2) is 0 Å². The zero-order valence-corrected chi connectivity index (χ0v) is 9.39. The van der Waals surface area contributed by atoms with Crippen LogP contribution in [0.4, 0.5) is 0 Å². The summed E-state index contributed by atoms with van der Waals surface area (Å²) in [5.41, 5.74) is 7.92. The lowest BCUT2D eigenvalue weighted by Gasteiger charge is -2.30. The first-order valence-electron chi connectivity index (χ1n) is 5.75. The molecule has 1 fully saturated rings. The van der Waals surface area contributed by atoms with Crippen molar-refractivity contribution < 1.29 is 0 Å². The molecule has 1 atom stereocenters. The van der Waals surface area contributed by atoms with Crippen LogP contribution in [0.15, 0.2) is 24.3 Å². The summed E-state index contributed by atoms with van der Waals surface area (Å²) in [4.78, 5) is 2.38. The van der Waals surface area contributed by atoms with E-state index >= 15 is 0 Å². The molecule has 1 aliphatic rings. The average Bonchev–Trinajstić information content (AvgIpc) is 2.30. The lowest BCUT2D eigenvalue weighted by atomic mass is 10.1. The first kappa shape index (κ1) is 11.1. The smallest absolute Gasteiger partial charge is 0.0991 e. The minimum absolute atomic E-state index is 0.326. The van der Waals surface area contributed by atoms with E-state index in [-0.39, 0.29) is 0 Å². The molecule has 16 heavy (non-hydrogen) atoms. The molecular weight excluding hydrogens is 198 g/mol. The summed E-state index contributed by atoms with van der Waals surface area (Å²) in [6, 6.07) is 10.3. The van der Waals surface area contributed by atoms with E-state index in [2.05, 4.69) is 11.0 Å². The van der Waals surface area contributed by atoms with E-state index in [4.69, 9.17) is 11.0 Å². The number of likely N-dealkylation sites (tertiary alicyclic amines) is 1. The number of benzene rings is 1. The predicted molar refractivity (Wildman–Crippen MR) is 63.6 cm³/mol. The number of nitrogens with two attached hydrogens (primary N) is 1. The van der Waals surface area contributed by atoms with Crippen molar-refractivity contribution in [3.05, 3.63) is 35.4 Å². The van der Waals surface area contributed by atoms with Crippen molar-refractivity contribution in [3.63, 3.8) is 0 Å².